The van der Waals surface area contributed by atoms with E-state index in [9.17, 15) is 4.79 Å². The molecule has 0 spiro atoms. The van der Waals surface area contributed by atoms with Gasteiger partial charge in [0.15, 0.2) is 0 Å². The minimum atomic E-state index is 0.250. The minimum absolute atomic E-state index is 0.250. The van der Waals surface area contributed by atoms with Gasteiger partial charge < -0.3 is 10.2 Å². The van der Waals surface area contributed by atoms with Gasteiger partial charge in [-0.2, -0.15) is 0 Å². The van der Waals surface area contributed by atoms with Crippen LogP contribution in [0.5, 0.6) is 0 Å². The number of piperazine rings is 1. The Morgan fingerprint density at radius 1 is 1.50 bits per heavy atom. The molecule has 1 fully saturated rings. The third-order valence-electron chi connectivity index (χ3n) is 3.53. The Bertz CT molecular complexity index is 218. The molecule has 1 amide bonds. The highest BCUT2D eigenvalue weighted by Crippen LogP contribution is 2.18. The van der Waals surface area contributed by atoms with Crippen LogP contribution in [0.15, 0.2) is 0 Å². The molecule has 0 aromatic heterocycles. The summed E-state index contributed by atoms with van der Waals surface area (Å²) in [5, 5.41) is 3.33. The SMILES string of the molecule is CCCC[C@@H](CC)C(=O)N1CCNC[C@@H]1C. The number of rotatable bonds is 5. The molecule has 1 aliphatic rings. The molecule has 1 N–H and O–H groups in total. The Kier molecular flexibility index (Phi) is 5.81. The van der Waals surface area contributed by atoms with Crippen molar-refractivity contribution in [3.05, 3.63) is 0 Å². The van der Waals surface area contributed by atoms with E-state index in [1.54, 1.807) is 0 Å². The largest absolute Gasteiger partial charge is 0.337 e. The summed E-state index contributed by atoms with van der Waals surface area (Å²) < 4.78 is 0. The fourth-order valence-corrected chi connectivity index (χ4v) is 2.36. The van der Waals surface area contributed by atoms with E-state index in [0.717, 1.165) is 32.5 Å². The monoisotopic (exact) mass is 226 g/mol. The Balaban J connectivity index is 2.51. The third-order valence-corrected chi connectivity index (χ3v) is 3.53. The lowest BCUT2D eigenvalue weighted by Crippen LogP contribution is -2.53. The molecular weight excluding hydrogens is 200 g/mol. The Morgan fingerprint density at radius 2 is 2.25 bits per heavy atom. The predicted molar refractivity (Wildman–Crippen MR) is 67.4 cm³/mol. The summed E-state index contributed by atoms with van der Waals surface area (Å²) >= 11 is 0. The van der Waals surface area contributed by atoms with Crippen molar-refractivity contribution in [1.29, 1.82) is 0 Å². The van der Waals surface area contributed by atoms with Crippen LogP contribution in [0, 0.1) is 5.92 Å². The molecule has 0 unspecified atom stereocenters. The van der Waals surface area contributed by atoms with Crippen LogP contribution in [0.25, 0.3) is 0 Å². The number of amides is 1. The molecule has 0 bridgehead atoms. The van der Waals surface area contributed by atoms with Crippen molar-refractivity contribution in [3.8, 4) is 0 Å². The van der Waals surface area contributed by atoms with E-state index in [2.05, 4.69) is 31.0 Å². The van der Waals surface area contributed by atoms with Gasteiger partial charge in [0.05, 0.1) is 0 Å². The summed E-state index contributed by atoms with van der Waals surface area (Å²) in [6.07, 6.45) is 4.39. The van der Waals surface area contributed by atoms with Gasteiger partial charge in [-0.3, -0.25) is 4.79 Å². The Hall–Kier alpha value is -0.570. The van der Waals surface area contributed by atoms with Crippen molar-refractivity contribution in [2.24, 2.45) is 5.92 Å². The first-order valence-electron chi connectivity index (χ1n) is 6.71. The topological polar surface area (TPSA) is 32.3 Å². The van der Waals surface area contributed by atoms with Crippen molar-refractivity contribution in [3.63, 3.8) is 0 Å². The maximum atomic E-state index is 12.3. The van der Waals surface area contributed by atoms with E-state index in [0.29, 0.717) is 11.9 Å². The number of carbonyl (C=O) groups excluding carboxylic acids is 1. The maximum Gasteiger partial charge on any atom is 0.225 e. The quantitative estimate of drug-likeness (QED) is 0.778. The molecule has 2 atom stereocenters. The zero-order valence-electron chi connectivity index (χ0n) is 11.0. The van der Waals surface area contributed by atoms with Gasteiger partial charge in [-0.05, 0) is 19.8 Å². The number of unbranched alkanes of at least 4 members (excludes halogenated alkanes) is 1. The molecular formula is C13H26N2O. The Morgan fingerprint density at radius 3 is 2.81 bits per heavy atom. The molecule has 1 heterocycles. The second kappa shape index (κ2) is 6.89. The van der Waals surface area contributed by atoms with E-state index < -0.39 is 0 Å². The maximum absolute atomic E-state index is 12.3. The summed E-state index contributed by atoms with van der Waals surface area (Å²) in [7, 11) is 0. The van der Waals surface area contributed by atoms with Gasteiger partial charge >= 0.3 is 0 Å². The van der Waals surface area contributed by atoms with Gasteiger partial charge in [-0.1, -0.05) is 26.7 Å². The first kappa shape index (κ1) is 13.5. The van der Waals surface area contributed by atoms with Crippen LogP contribution in [0.4, 0.5) is 0 Å². The van der Waals surface area contributed by atoms with E-state index >= 15 is 0 Å². The van der Waals surface area contributed by atoms with Crippen LogP contribution in [0.2, 0.25) is 0 Å². The van der Waals surface area contributed by atoms with Crippen molar-refractivity contribution >= 4 is 5.91 Å². The summed E-state index contributed by atoms with van der Waals surface area (Å²) in [6.45, 7) is 9.21. The molecule has 0 aromatic carbocycles. The molecule has 1 aliphatic heterocycles. The fourth-order valence-electron chi connectivity index (χ4n) is 2.36. The van der Waals surface area contributed by atoms with Gasteiger partial charge in [0, 0.05) is 31.6 Å². The summed E-state index contributed by atoms with van der Waals surface area (Å²) in [5.41, 5.74) is 0. The third kappa shape index (κ3) is 3.48. The van der Waals surface area contributed by atoms with Gasteiger partial charge in [0.1, 0.15) is 0 Å². The number of nitrogens with zero attached hydrogens (tertiary/aromatic N) is 1. The highest BCUT2D eigenvalue weighted by Gasteiger charge is 2.27. The molecule has 1 rings (SSSR count). The van der Waals surface area contributed by atoms with Crippen LogP contribution in [-0.2, 0) is 4.79 Å². The van der Waals surface area contributed by atoms with Crippen molar-refractivity contribution in [2.75, 3.05) is 19.6 Å². The lowest BCUT2D eigenvalue weighted by atomic mass is 9.96. The van der Waals surface area contributed by atoms with Gasteiger partial charge in [0.25, 0.3) is 0 Å². The first-order chi connectivity index (χ1) is 7.70. The molecule has 1 saturated heterocycles. The molecule has 0 aromatic rings. The average molecular weight is 226 g/mol. The normalized spacial score (nSPS) is 23.2. The lowest BCUT2D eigenvalue weighted by molar-refractivity contribution is -0.138. The first-order valence-corrected chi connectivity index (χ1v) is 6.71. The molecule has 3 nitrogen and oxygen atoms in total. The van der Waals surface area contributed by atoms with Crippen LogP contribution in [0.1, 0.15) is 46.5 Å². The second-order valence-corrected chi connectivity index (χ2v) is 4.83. The molecule has 94 valence electrons. The number of hydrogen-bond donors (Lipinski definition) is 1. The van der Waals surface area contributed by atoms with E-state index in [-0.39, 0.29) is 5.92 Å². The number of hydrogen-bond acceptors (Lipinski definition) is 2. The average Bonchev–Trinajstić information content (AvgIpc) is 2.30. The van der Waals surface area contributed by atoms with E-state index in [1.807, 2.05) is 0 Å². The van der Waals surface area contributed by atoms with Gasteiger partial charge in [-0.25, -0.2) is 0 Å². The summed E-state index contributed by atoms with van der Waals surface area (Å²) in [5.74, 6) is 0.630. The van der Waals surface area contributed by atoms with Crippen molar-refractivity contribution in [2.45, 2.75) is 52.5 Å². The van der Waals surface area contributed by atoms with Gasteiger partial charge in [0.2, 0.25) is 5.91 Å². The van der Waals surface area contributed by atoms with Crippen molar-refractivity contribution < 1.29 is 4.79 Å². The smallest absolute Gasteiger partial charge is 0.225 e. The second-order valence-electron chi connectivity index (χ2n) is 4.83. The molecule has 0 saturated carbocycles. The number of carbonyl (C=O) groups is 1. The Labute approximate surface area is 99.6 Å². The van der Waals surface area contributed by atoms with E-state index in [4.69, 9.17) is 0 Å². The molecule has 0 aliphatic carbocycles. The zero-order chi connectivity index (χ0) is 12.0. The van der Waals surface area contributed by atoms with Crippen LogP contribution < -0.4 is 5.32 Å². The fraction of sp³-hybridized carbons (Fsp3) is 0.923. The van der Waals surface area contributed by atoms with Crippen LogP contribution in [-0.4, -0.2) is 36.5 Å². The number of nitrogens with one attached hydrogen (secondary N) is 1. The van der Waals surface area contributed by atoms with Crippen molar-refractivity contribution in [1.82, 2.24) is 10.2 Å². The van der Waals surface area contributed by atoms with Crippen LogP contribution >= 0.6 is 0 Å². The predicted octanol–water partition coefficient (Wildman–Crippen LogP) is 2.02. The van der Waals surface area contributed by atoms with Gasteiger partial charge in [-0.15, -0.1) is 0 Å². The van der Waals surface area contributed by atoms with E-state index in [1.165, 1.54) is 12.8 Å². The lowest BCUT2D eigenvalue weighted by Gasteiger charge is -2.36. The molecule has 3 heteroatoms. The standard InChI is InChI=1S/C13H26N2O/c1-4-6-7-12(5-2)13(16)15-9-8-14-10-11(15)3/h11-12,14H,4-10H2,1-3H3/t11-,12+/m0/s1. The minimum Gasteiger partial charge on any atom is -0.337 e. The summed E-state index contributed by atoms with van der Waals surface area (Å²) in [4.78, 5) is 14.4. The van der Waals surface area contributed by atoms with Crippen LogP contribution in [0.3, 0.4) is 0 Å². The molecule has 0 radical (unpaired) electrons. The highest BCUT2D eigenvalue weighted by molar-refractivity contribution is 5.79. The summed E-state index contributed by atoms with van der Waals surface area (Å²) in [6, 6.07) is 0.358. The molecule has 16 heavy (non-hydrogen) atoms. The zero-order valence-corrected chi connectivity index (χ0v) is 11.0. The highest BCUT2D eigenvalue weighted by atomic mass is 16.2.